The molecule has 0 saturated heterocycles. The van der Waals surface area contributed by atoms with Gasteiger partial charge >= 0.3 is 5.97 Å². The van der Waals surface area contributed by atoms with Crippen molar-refractivity contribution in [1.29, 1.82) is 0 Å². The lowest BCUT2D eigenvalue weighted by atomic mass is 10.1. The maximum absolute atomic E-state index is 13.1. The zero-order valence-corrected chi connectivity index (χ0v) is 17.9. The molecule has 32 heavy (non-hydrogen) atoms. The van der Waals surface area contributed by atoms with E-state index in [1.54, 1.807) is 22.7 Å². The highest BCUT2D eigenvalue weighted by molar-refractivity contribution is 7.99. The molecule has 0 unspecified atom stereocenters. The third kappa shape index (κ3) is 3.92. The highest BCUT2D eigenvalue weighted by Gasteiger charge is 2.28. The minimum Gasteiger partial charge on any atom is -0.481 e. The van der Waals surface area contributed by atoms with Crippen LogP contribution in [0.4, 0.5) is 11.4 Å². The Hall–Kier alpha value is -3.77. The van der Waals surface area contributed by atoms with Gasteiger partial charge in [-0.1, -0.05) is 72.4 Å². The van der Waals surface area contributed by atoms with E-state index >= 15 is 0 Å². The van der Waals surface area contributed by atoms with E-state index in [1.165, 1.54) is 0 Å². The van der Waals surface area contributed by atoms with E-state index in [4.69, 9.17) is 9.47 Å². The summed E-state index contributed by atoms with van der Waals surface area (Å²) in [6, 6.07) is 28.8. The van der Waals surface area contributed by atoms with Gasteiger partial charge in [-0.25, -0.2) is 4.79 Å². The number of anilines is 2. The van der Waals surface area contributed by atoms with Crippen molar-refractivity contribution in [2.75, 3.05) is 18.1 Å². The molecule has 0 aliphatic carbocycles. The Balaban J connectivity index is 1.27. The summed E-state index contributed by atoms with van der Waals surface area (Å²) in [5.41, 5.74) is 1.56. The molecule has 5 nitrogen and oxygen atoms in total. The van der Waals surface area contributed by atoms with Gasteiger partial charge in [0.05, 0.1) is 11.4 Å². The second-order valence-corrected chi connectivity index (χ2v) is 8.28. The summed E-state index contributed by atoms with van der Waals surface area (Å²) >= 11 is 1.61. The van der Waals surface area contributed by atoms with Crippen molar-refractivity contribution in [3.63, 3.8) is 0 Å². The predicted molar refractivity (Wildman–Crippen MR) is 125 cm³/mol. The van der Waals surface area contributed by atoms with E-state index < -0.39 is 5.97 Å². The van der Waals surface area contributed by atoms with Gasteiger partial charge in [0.15, 0.2) is 13.2 Å². The normalized spacial score (nSPS) is 12.1. The number of amides is 1. The molecule has 158 valence electrons. The van der Waals surface area contributed by atoms with Crippen molar-refractivity contribution in [3.05, 3.63) is 91.0 Å². The lowest BCUT2D eigenvalue weighted by Crippen LogP contribution is -2.33. The summed E-state index contributed by atoms with van der Waals surface area (Å²) in [5.74, 6) is -0.315. The summed E-state index contributed by atoms with van der Waals surface area (Å²) < 4.78 is 10.9. The first kappa shape index (κ1) is 20.2. The fourth-order valence-electron chi connectivity index (χ4n) is 3.68. The predicted octanol–water partition coefficient (Wildman–Crippen LogP) is 5.59. The Morgan fingerprint density at radius 1 is 0.719 bits per heavy atom. The topological polar surface area (TPSA) is 55.8 Å². The summed E-state index contributed by atoms with van der Waals surface area (Å²) in [6.45, 7) is -0.643. The molecule has 0 aromatic heterocycles. The summed E-state index contributed by atoms with van der Waals surface area (Å²) in [5, 5.41) is 1.94. The maximum atomic E-state index is 13.1. The largest absolute Gasteiger partial charge is 0.481 e. The molecular weight excluding hydrogens is 422 g/mol. The number of fused-ring (bicyclic) bond motifs is 3. The number of benzene rings is 4. The Labute approximate surface area is 189 Å². The van der Waals surface area contributed by atoms with Crippen molar-refractivity contribution in [2.24, 2.45) is 0 Å². The number of ether oxygens (including phenoxy) is 2. The van der Waals surface area contributed by atoms with Crippen LogP contribution in [-0.2, 0) is 14.3 Å². The van der Waals surface area contributed by atoms with Gasteiger partial charge in [-0.15, -0.1) is 0 Å². The maximum Gasteiger partial charge on any atom is 0.344 e. The molecule has 0 spiro atoms. The van der Waals surface area contributed by atoms with Gasteiger partial charge in [0, 0.05) is 15.2 Å². The molecular formula is C26H19NO4S. The molecule has 5 rings (SSSR count). The molecule has 4 aromatic rings. The van der Waals surface area contributed by atoms with Gasteiger partial charge in [-0.2, -0.15) is 0 Å². The van der Waals surface area contributed by atoms with Crippen molar-refractivity contribution in [2.45, 2.75) is 9.79 Å². The van der Waals surface area contributed by atoms with Crippen LogP contribution in [0.2, 0.25) is 0 Å². The molecule has 1 heterocycles. The first-order valence-electron chi connectivity index (χ1n) is 10.2. The highest BCUT2D eigenvalue weighted by Crippen LogP contribution is 2.47. The molecule has 0 N–H and O–H groups in total. The van der Waals surface area contributed by atoms with E-state index in [0.717, 1.165) is 31.9 Å². The standard InChI is InChI=1S/C26H19NO4S/c28-25(27-20-11-3-5-14-23(20)32-24-15-6-4-12-21(24)27)16-31-26(29)17-30-22-13-7-9-18-8-1-2-10-19(18)22/h1-15H,16-17H2. The van der Waals surface area contributed by atoms with Crippen molar-refractivity contribution >= 4 is 45.8 Å². The quantitative estimate of drug-likeness (QED) is 0.378. The Bertz CT molecular complexity index is 1270. The SMILES string of the molecule is O=C(COc1cccc2ccccc12)OCC(=O)N1c2ccccc2Sc2ccccc21. The molecule has 4 aromatic carbocycles. The highest BCUT2D eigenvalue weighted by atomic mass is 32.2. The molecule has 1 aliphatic rings. The molecule has 0 atom stereocenters. The number of nitrogens with zero attached hydrogens (tertiary/aromatic N) is 1. The van der Waals surface area contributed by atoms with Crippen molar-refractivity contribution in [1.82, 2.24) is 0 Å². The van der Waals surface area contributed by atoms with Gasteiger partial charge in [0.2, 0.25) is 0 Å². The first-order valence-corrected chi connectivity index (χ1v) is 11.0. The van der Waals surface area contributed by atoms with Gasteiger partial charge in [0.1, 0.15) is 5.75 Å². The number of carbonyl (C=O) groups excluding carboxylic acids is 2. The number of carbonyl (C=O) groups is 2. The number of hydrogen-bond acceptors (Lipinski definition) is 5. The number of rotatable bonds is 5. The second kappa shape index (κ2) is 8.77. The van der Waals surface area contributed by atoms with E-state index in [1.807, 2.05) is 84.9 Å². The average Bonchev–Trinajstić information content (AvgIpc) is 2.84. The molecule has 1 aliphatic heterocycles. The molecule has 0 radical (unpaired) electrons. The van der Waals surface area contributed by atoms with E-state index in [9.17, 15) is 9.59 Å². The Morgan fingerprint density at radius 3 is 2.09 bits per heavy atom. The zero-order valence-electron chi connectivity index (χ0n) is 17.1. The van der Waals surface area contributed by atoms with Crippen LogP contribution in [0.3, 0.4) is 0 Å². The van der Waals surface area contributed by atoms with Crippen LogP contribution < -0.4 is 9.64 Å². The molecule has 1 amide bonds. The number of hydrogen-bond donors (Lipinski definition) is 0. The molecule has 0 bridgehead atoms. The zero-order chi connectivity index (χ0) is 21.9. The minimum absolute atomic E-state index is 0.273. The Kier molecular flexibility index (Phi) is 5.52. The first-order chi connectivity index (χ1) is 15.7. The van der Waals surface area contributed by atoms with Crippen LogP contribution in [-0.4, -0.2) is 25.1 Å². The van der Waals surface area contributed by atoms with Crippen LogP contribution in [0, 0.1) is 0 Å². The van der Waals surface area contributed by atoms with Gasteiger partial charge < -0.3 is 9.47 Å². The van der Waals surface area contributed by atoms with Gasteiger partial charge in [-0.05, 0) is 35.7 Å². The van der Waals surface area contributed by atoms with Crippen LogP contribution in [0.5, 0.6) is 5.75 Å². The lowest BCUT2D eigenvalue weighted by molar-refractivity contribution is -0.149. The summed E-state index contributed by atoms with van der Waals surface area (Å²) in [6.07, 6.45) is 0. The fraction of sp³-hybridized carbons (Fsp3) is 0.0769. The molecule has 6 heteroatoms. The van der Waals surface area contributed by atoms with E-state index in [0.29, 0.717) is 5.75 Å². The monoisotopic (exact) mass is 441 g/mol. The van der Waals surface area contributed by atoms with Crippen LogP contribution in [0.25, 0.3) is 10.8 Å². The van der Waals surface area contributed by atoms with Crippen LogP contribution in [0.1, 0.15) is 0 Å². The number of esters is 1. The second-order valence-electron chi connectivity index (χ2n) is 7.19. The van der Waals surface area contributed by atoms with Crippen LogP contribution >= 0.6 is 11.8 Å². The summed E-state index contributed by atoms with van der Waals surface area (Å²) in [4.78, 5) is 28.9. The van der Waals surface area contributed by atoms with Gasteiger partial charge in [0.25, 0.3) is 5.91 Å². The minimum atomic E-state index is -0.598. The van der Waals surface area contributed by atoms with Crippen molar-refractivity contribution < 1.29 is 19.1 Å². The van der Waals surface area contributed by atoms with E-state index in [2.05, 4.69) is 0 Å². The van der Waals surface area contributed by atoms with E-state index in [-0.39, 0.29) is 19.1 Å². The lowest BCUT2D eigenvalue weighted by Gasteiger charge is -2.30. The smallest absolute Gasteiger partial charge is 0.344 e. The molecule has 0 fully saturated rings. The summed E-state index contributed by atoms with van der Waals surface area (Å²) in [7, 11) is 0. The third-order valence-electron chi connectivity index (χ3n) is 5.13. The fourth-order valence-corrected chi connectivity index (χ4v) is 4.74. The van der Waals surface area contributed by atoms with Crippen LogP contribution in [0.15, 0.2) is 101 Å². The number of para-hydroxylation sites is 2. The Morgan fingerprint density at radius 2 is 1.34 bits per heavy atom. The van der Waals surface area contributed by atoms with Crippen molar-refractivity contribution in [3.8, 4) is 5.75 Å². The molecule has 0 saturated carbocycles. The average molecular weight is 442 g/mol. The van der Waals surface area contributed by atoms with Gasteiger partial charge in [-0.3, -0.25) is 9.69 Å². The third-order valence-corrected chi connectivity index (χ3v) is 6.26.